The van der Waals surface area contributed by atoms with Crippen LogP contribution in [0.5, 0.6) is 0 Å². The molecule has 268 valence electrons. The molecule has 0 amide bonds. The van der Waals surface area contributed by atoms with Gasteiger partial charge in [0.2, 0.25) is 0 Å². The van der Waals surface area contributed by atoms with Crippen molar-refractivity contribution in [3.8, 4) is 22.3 Å². The average Bonchev–Trinajstić information content (AvgIpc) is 3.89. The van der Waals surface area contributed by atoms with E-state index >= 15 is 0 Å². The fourth-order valence-electron chi connectivity index (χ4n) is 10.1. The molecule has 0 radical (unpaired) electrons. The van der Waals surface area contributed by atoms with Crippen molar-refractivity contribution in [2.24, 2.45) is 0 Å². The molecule has 3 aliphatic carbocycles. The van der Waals surface area contributed by atoms with Crippen LogP contribution in [0.3, 0.4) is 0 Å². The van der Waals surface area contributed by atoms with E-state index in [1.165, 1.54) is 72.3 Å². The van der Waals surface area contributed by atoms with Gasteiger partial charge in [0.05, 0.1) is 10.8 Å². The first-order chi connectivity index (χ1) is 28.3. The fourth-order valence-corrected chi connectivity index (χ4v) is 10.1. The second-order valence-electron chi connectivity index (χ2n) is 15.2. The maximum Gasteiger partial charge on any atom is 0.0714 e. The molecule has 1 heteroatoms. The second-order valence-corrected chi connectivity index (χ2v) is 15.2. The molecule has 0 atom stereocenters. The molecule has 0 aliphatic heterocycles. The van der Waals surface area contributed by atoms with Crippen molar-refractivity contribution in [2.75, 3.05) is 4.90 Å². The number of allylic oxidation sites excluding steroid dienone is 5. The second kappa shape index (κ2) is 13.2. The lowest BCUT2D eigenvalue weighted by Crippen LogP contribution is -2.28. The lowest BCUT2D eigenvalue weighted by molar-refractivity contribution is 0.768. The normalized spacial score (nSPS) is 14.9. The van der Waals surface area contributed by atoms with Crippen molar-refractivity contribution >= 4 is 16.9 Å². The zero-order valence-corrected chi connectivity index (χ0v) is 31.5. The van der Waals surface area contributed by atoms with Gasteiger partial charge in [-0.05, 0) is 103 Å². The summed E-state index contributed by atoms with van der Waals surface area (Å²) < 4.78 is 0. The first kappa shape index (κ1) is 33.1. The Hall–Kier alpha value is -7.22. The lowest BCUT2D eigenvalue weighted by Gasteiger charge is -2.34. The van der Waals surface area contributed by atoms with Crippen LogP contribution in [-0.2, 0) is 10.8 Å². The van der Waals surface area contributed by atoms with Crippen molar-refractivity contribution in [3.63, 3.8) is 0 Å². The van der Waals surface area contributed by atoms with Crippen molar-refractivity contribution in [1.82, 2.24) is 0 Å². The Morgan fingerprint density at radius 3 is 1.40 bits per heavy atom. The number of fused-ring (bicyclic) bond motifs is 10. The Bertz CT molecular complexity index is 2810. The highest BCUT2D eigenvalue weighted by molar-refractivity contribution is 5.94. The summed E-state index contributed by atoms with van der Waals surface area (Å²) in [4.78, 5) is 2.32. The molecule has 0 aromatic heterocycles. The molecule has 8 aromatic rings. The summed E-state index contributed by atoms with van der Waals surface area (Å²) in [5.74, 6) is 0. The van der Waals surface area contributed by atoms with E-state index in [0.29, 0.717) is 0 Å². The lowest BCUT2D eigenvalue weighted by atomic mass is 9.67. The molecule has 57 heavy (non-hydrogen) atoms. The molecule has 11 rings (SSSR count). The van der Waals surface area contributed by atoms with Gasteiger partial charge in [-0.15, -0.1) is 0 Å². The van der Waals surface area contributed by atoms with Crippen LogP contribution in [0.25, 0.3) is 27.8 Å². The summed E-state index contributed by atoms with van der Waals surface area (Å²) in [7, 11) is 0. The third kappa shape index (κ3) is 4.89. The van der Waals surface area contributed by atoms with Crippen LogP contribution in [0.4, 0.5) is 11.4 Å². The molecular weight excluding hydrogens is 687 g/mol. The Morgan fingerprint density at radius 2 is 0.807 bits per heavy atom. The van der Waals surface area contributed by atoms with Gasteiger partial charge in [-0.2, -0.15) is 0 Å². The predicted molar refractivity (Wildman–Crippen MR) is 237 cm³/mol. The summed E-state index contributed by atoms with van der Waals surface area (Å²) >= 11 is 0. The zero-order valence-electron chi connectivity index (χ0n) is 31.5. The van der Waals surface area contributed by atoms with E-state index in [2.05, 4.69) is 242 Å². The van der Waals surface area contributed by atoms with Gasteiger partial charge in [0.1, 0.15) is 0 Å². The SMILES string of the molecule is C1=C(/C=C\C=C\N(c2ccccc2)c2ccc3c(c2)C(c2ccccc2)(c2ccccc2)c2ccccc2-3)c2ccccc2C12c1ccccc1-c1ccccc12. The quantitative estimate of drug-likeness (QED) is 0.148. The van der Waals surface area contributed by atoms with Gasteiger partial charge < -0.3 is 4.90 Å². The summed E-state index contributed by atoms with van der Waals surface area (Å²) in [6.07, 6.45) is 11.4. The van der Waals surface area contributed by atoms with Crippen LogP contribution >= 0.6 is 0 Å². The largest absolute Gasteiger partial charge is 0.317 e. The number of rotatable bonds is 7. The van der Waals surface area contributed by atoms with E-state index in [1.807, 2.05) is 0 Å². The van der Waals surface area contributed by atoms with Crippen LogP contribution in [0.1, 0.15) is 44.5 Å². The van der Waals surface area contributed by atoms with Crippen molar-refractivity contribution in [2.45, 2.75) is 10.8 Å². The highest BCUT2D eigenvalue weighted by atomic mass is 15.1. The highest BCUT2D eigenvalue weighted by Gasteiger charge is 2.48. The van der Waals surface area contributed by atoms with Crippen LogP contribution in [0.2, 0.25) is 0 Å². The van der Waals surface area contributed by atoms with Crippen molar-refractivity contribution in [3.05, 3.63) is 281 Å². The molecule has 8 aromatic carbocycles. The maximum atomic E-state index is 2.49. The maximum absolute atomic E-state index is 2.49. The first-order valence-electron chi connectivity index (χ1n) is 19.9. The third-order valence-corrected chi connectivity index (χ3v) is 12.4. The number of hydrogen-bond acceptors (Lipinski definition) is 1. The molecule has 3 aliphatic rings. The van der Waals surface area contributed by atoms with Crippen LogP contribution < -0.4 is 4.90 Å². The number of benzene rings is 8. The van der Waals surface area contributed by atoms with Gasteiger partial charge in [-0.1, -0.05) is 200 Å². The smallest absolute Gasteiger partial charge is 0.0714 e. The molecule has 0 saturated carbocycles. The number of anilines is 2. The number of para-hydroxylation sites is 1. The molecule has 0 N–H and O–H groups in total. The van der Waals surface area contributed by atoms with Crippen LogP contribution in [0, 0.1) is 0 Å². The monoisotopic (exact) mass is 725 g/mol. The number of nitrogens with zero attached hydrogens (tertiary/aromatic N) is 1. The van der Waals surface area contributed by atoms with Gasteiger partial charge in [0.25, 0.3) is 0 Å². The highest BCUT2D eigenvalue weighted by Crippen LogP contribution is 2.59. The van der Waals surface area contributed by atoms with E-state index in [4.69, 9.17) is 0 Å². The standard InChI is InChI=1S/C56H39N/c1-4-21-41(22-5-1)56(42-23-6-2-7-24-42)53-34-17-13-30-48(53)49-36-35-44(38-54(49)56)57(43-25-8-3-9-26-43)37-19-18-20-40-39-55(50-31-14-10-27-45(40)50)51-32-15-11-28-46(51)47-29-12-16-33-52(47)55/h1-39H/b20-18-,37-19+. The number of hydrogen-bond donors (Lipinski definition) is 0. The van der Waals surface area contributed by atoms with Gasteiger partial charge >= 0.3 is 0 Å². The van der Waals surface area contributed by atoms with Crippen LogP contribution in [0.15, 0.2) is 237 Å². The van der Waals surface area contributed by atoms with Crippen LogP contribution in [-0.4, -0.2) is 0 Å². The topological polar surface area (TPSA) is 3.24 Å². The summed E-state index contributed by atoms with van der Waals surface area (Å²) in [6, 6.07) is 75.5. The Kier molecular flexibility index (Phi) is 7.69. The minimum atomic E-state index is -0.466. The zero-order chi connectivity index (χ0) is 37.8. The molecule has 0 unspecified atom stereocenters. The molecule has 1 spiro atoms. The van der Waals surface area contributed by atoms with Crippen molar-refractivity contribution in [1.29, 1.82) is 0 Å². The van der Waals surface area contributed by atoms with E-state index in [-0.39, 0.29) is 5.41 Å². The molecule has 0 bridgehead atoms. The minimum absolute atomic E-state index is 0.310. The van der Waals surface area contributed by atoms with E-state index < -0.39 is 5.41 Å². The fraction of sp³-hybridized carbons (Fsp3) is 0.0357. The van der Waals surface area contributed by atoms with E-state index in [0.717, 1.165) is 11.4 Å². The van der Waals surface area contributed by atoms with Gasteiger partial charge in [-0.3, -0.25) is 0 Å². The van der Waals surface area contributed by atoms with Gasteiger partial charge in [0.15, 0.2) is 0 Å². The molecule has 1 nitrogen and oxygen atoms in total. The summed E-state index contributed by atoms with van der Waals surface area (Å²) in [5.41, 5.74) is 18.3. The third-order valence-electron chi connectivity index (χ3n) is 12.4. The minimum Gasteiger partial charge on any atom is -0.317 e. The van der Waals surface area contributed by atoms with Gasteiger partial charge in [0, 0.05) is 17.6 Å². The average molecular weight is 726 g/mol. The first-order valence-corrected chi connectivity index (χ1v) is 19.9. The molecule has 0 saturated heterocycles. The summed E-state index contributed by atoms with van der Waals surface area (Å²) in [5, 5.41) is 0. The van der Waals surface area contributed by atoms with E-state index in [9.17, 15) is 0 Å². The Labute approximate surface area is 334 Å². The Balaban J connectivity index is 1.03. The molecular formula is C56H39N. The predicted octanol–water partition coefficient (Wildman–Crippen LogP) is 13.7. The summed E-state index contributed by atoms with van der Waals surface area (Å²) in [6.45, 7) is 0. The van der Waals surface area contributed by atoms with Gasteiger partial charge in [-0.25, -0.2) is 0 Å². The molecule has 0 heterocycles. The Morgan fingerprint density at radius 1 is 0.351 bits per heavy atom. The van der Waals surface area contributed by atoms with Crippen molar-refractivity contribution < 1.29 is 0 Å². The van der Waals surface area contributed by atoms with E-state index in [1.54, 1.807) is 0 Å². The molecule has 0 fully saturated rings.